The molecule has 3 aromatic rings. The van der Waals surface area contributed by atoms with Crippen LogP contribution in [0.1, 0.15) is 56.2 Å². The van der Waals surface area contributed by atoms with E-state index in [-0.39, 0.29) is 5.57 Å². The number of ether oxygens (including phenoxy) is 3. The number of rotatable bonds is 13. The van der Waals surface area contributed by atoms with Crippen molar-refractivity contribution in [3.8, 4) is 23.3 Å². The lowest BCUT2D eigenvalue weighted by Crippen LogP contribution is -2.13. The normalized spacial score (nSPS) is 11.9. The van der Waals surface area contributed by atoms with E-state index in [1.807, 2.05) is 32.0 Å². The number of hydrogen-bond acceptors (Lipinski definition) is 8. The summed E-state index contributed by atoms with van der Waals surface area (Å²) < 4.78 is 18.2. The van der Waals surface area contributed by atoms with Crippen LogP contribution in [0, 0.1) is 11.3 Å². The lowest BCUT2D eigenvalue weighted by molar-refractivity contribution is -0.112. The monoisotopic (exact) mass is 598 g/mol. The Morgan fingerprint density at radius 2 is 1.87 bits per heavy atom. The number of aromatic nitrogens is 2. The summed E-state index contributed by atoms with van der Waals surface area (Å²) in [5, 5.41) is 21.3. The summed E-state index contributed by atoms with van der Waals surface area (Å²) in [6, 6.07) is 13.6. The Morgan fingerprint density at radius 3 is 2.50 bits per heavy atom. The maximum absolute atomic E-state index is 12.6. The zero-order valence-electron chi connectivity index (χ0n) is 21.9. The van der Waals surface area contributed by atoms with Gasteiger partial charge >= 0.3 is 0 Å². The van der Waals surface area contributed by atoms with Crippen molar-refractivity contribution < 1.29 is 19.0 Å². The molecule has 0 aliphatic carbocycles. The van der Waals surface area contributed by atoms with Crippen molar-refractivity contribution in [2.45, 2.75) is 46.5 Å². The van der Waals surface area contributed by atoms with E-state index in [1.54, 1.807) is 12.1 Å². The third-order valence-corrected chi connectivity index (χ3v) is 7.23. The second-order valence-electron chi connectivity index (χ2n) is 8.32. The fourth-order valence-electron chi connectivity index (χ4n) is 3.43. The van der Waals surface area contributed by atoms with Gasteiger partial charge in [0.2, 0.25) is 5.13 Å². The van der Waals surface area contributed by atoms with Crippen LogP contribution in [0.4, 0.5) is 5.13 Å². The molecule has 0 bridgehead atoms. The molecule has 10 heteroatoms. The molecule has 8 nitrogen and oxygen atoms in total. The Labute approximate surface area is 235 Å². The lowest BCUT2D eigenvalue weighted by atomic mass is 9.99. The highest BCUT2D eigenvalue weighted by molar-refractivity contribution is 9.10. The van der Waals surface area contributed by atoms with Gasteiger partial charge in [-0.25, -0.2) is 0 Å². The van der Waals surface area contributed by atoms with Crippen molar-refractivity contribution in [3.05, 3.63) is 62.6 Å². The van der Waals surface area contributed by atoms with Crippen molar-refractivity contribution in [1.29, 1.82) is 5.26 Å². The summed E-state index contributed by atoms with van der Waals surface area (Å²) in [6.45, 7) is 9.27. The Morgan fingerprint density at radius 1 is 1.13 bits per heavy atom. The molecule has 1 unspecified atom stereocenters. The molecule has 0 radical (unpaired) electrons. The highest BCUT2D eigenvalue weighted by Gasteiger charge is 2.16. The molecule has 0 fully saturated rings. The minimum absolute atomic E-state index is 0.0750. The number of benzene rings is 2. The van der Waals surface area contributed by atoms with Gasteiger partial charge in [0.05, 0.1) is 11.1 Å². The molecule has 38 heavy (non-hydrogen) atoms. The number of halogens is 1. The average molecular weight is 600 g/mol. The molecule has 1 heterocycles. The first-order chi connectivity index (χ1) is 18.4. The van der Waals surface area contributed by atoms with Gasteiger partial charge in [-0.15, -0.1) is 10.2 Å². The summed E-state index contributed by atoms with van der Waals surface area (Å²) in [5.41, 5.74) is 1.82. The van der Waals surface area contributed by atoms with E-state index in [2.05, 4.69) is 57.4 Å². The van der Waals surface area contributed by atoms with Crippen LogP contribution in [-0.2, 0) is 11.2 Å². The smallest absolute Gasteiger partial charge is 0.268 e. The molecule has 2 aromatic carbocycles. The zero-order chi connectivity index (χ0) is 27.5. The molecule has 0 aliphatic rings. The molecule has 1 aromatic heterocycles. The highest BCUT2D eigenvalue weighted by atomic mass is 79.9. The maximum Gasteiger partial charge on any atom is 0.268 e. The third-order valence-electron chi connectivity index (χ3n) is 5.66. The fourth-order valence-corrected chi connectivity index (χ4v) is 4.68. The summed E-state index contributed by atoms with van der Waals surface area (Å²) in [6.07, 6.45) is 3.30. The largest absolute Gasteiger partial charge is 0.490 e. The highest BCUT2D eigenvalue weighted by Crippen LogP contribution is 2.37. The van der Waals surface area contributed by atoms with Crippen molar-refractivity contribution in [2.75, 3.05) is 25.1 Å². The second kappa shape index (κ2) is 14.5. The van der Waals surface area contributed by atoms with Gasteiger partial charge in [0, 0.05) is 0 Å². The van der Waals surface area contributed by atoms with Gasteiger partial charge in [-0.2, -0.15) is 5.26 Å². The van der Waals surface area contributed by atoms with Gasteiger partial charge in [-0.05, 0) is 83.1 Å². The Kier molecular flexibility index (Phi) is 11.1. The number of nitrogens with one attached hydrogen (secondary N) is 1. The van der Waals surface area contributed by atoms with Crippen molar-refractivity contribution in [2.24, 2.45) is 0 Å². The van der Waals surface area contributed by atoms with Crippen LogP contribution < -0.4 is 19.5 Å². The van der Waals surface area contributed by atoms with Crippen molar-refractivity contribution in [1.82, 2.24) is 10.2 Å². The molecular weight excluding hydrogens is 568 g/mol. The van der Waals surface area contributed by atoms with Crippen molar-refractivity contribution in [3.63, 3.8) is 0 Å². The van der Waals surface area contributed by atoms with Crippen molar-refractivity contribution >= 4 is 44.4 Å². The van der Waals surface area contributed by atoms with Gasteiger partial charge in [-0.1, -0.05) is 44.2 Å². The number of carbonyl (C=O) groups excluding carboxylic acids is 1. The standard InChI is InChI=1S/C28H31BrN4O4S/c1-5-18(4)20-8-10-22(11-9-20)36-12-13-37-26-23(29)15-19(16-24(26)35-7-3)14-21(17-30)27(34)31-28-33-32-25(6-2)38-28/h8-11,14-16,18H,5-7,12-13H2,1-4H3,(H,31,33,34). The van der Waals surface area contributed by atoms with Crippen LogP contribution in [-0.4, -0.2) is 35.9 Å². The molecule has 0 aliphatic heterocycles. The van der Waals surface area contributed by atoms with E-state index in [0.717, 1.165) is 23.6 Å². The molecule has 200 valence electrons. The number of hydrogen-bond donors (Lipinski definition) is 1. The molecule has 1 atom stereocenters. The minimum atomic E-state index is -0.560. The van der Waals surface area contributed by atoms with E-state index in [0.29, 0.717) is 52.4 Å². The fraction of sp³-hybridized carbons (Fsp3) is 0.357. The third kappa shape index (κ3) is 8.04. The SMILES string of the molecule is CCOc1cc(C=C(C#N)C(=O)Nc2nnc(CC)s2)cc(Br)c1OCCOc1ccc(C(C)CC)cc1. The van der Waals surface area contributed by atoms with Crippen LogP contribution in [0.5, 0.6) is 17.2 Å². The van der Waals surface area contributed by atoms with E-state index >= 15 is 0 Å². The maximum atomic E-state index is 12.6. The molecular formula is C28H31BrN4O4S. The summed E-state index contributed by atoms with van der Waals surface area (Å²) >= 11 is 4.81. The van der Waals surface area contributed by atoms with Crippen LogP contribution >= 0.6 is 27.3 Å². The first-order valence-corrected chi connectivity index (χ1v) is 14.1. The molecule has 3 rings (SSSR count). The van der Waals surface area contributed by atoms with Crippen LogP contribution in [0.2, 0.25) is 0 Å². The number of nitrogens with zero attached hydrogens (tertiary/aromatic N) is 3. The van der Waals surface area contributed by atoms with Gasteiger partial charge in [0.1, 0.15) is 35.6 Å². The lowest BCUT2D eigenvalue weighted by Gasteiger charge is -2.15. The average Bonchev–Trinajstić information content (AvgIpc) is 3.38. The molecule has 0 spiro atoms. The van der Waals surface area contributed by atoms with E-state index in [4.69, 9.17) is 14.2 Å². The predicted octanol–water partition coefficient (Wildman–Crippen LogP) is 6.78. The summed E-state index contributed by atoms with van der Waals surface area (Å²) in [5.74, 6) is 1.74. The molecule has 0 saturated heterocycles. The number of anilines is 1. The number of amides is 1. The van der Waals surface area contributed by atoms with Gasteiger partial charge in [-0.3, -0.25) is 10.1 Å². The second-order valence-corrected chi connectivity index (χ2v) is 10.2. The van der Waals surface area contributed by atoms with Crippen LogP contribution in [0.15, 0.2) is 46.4 Å². The van der Waals surface area contributed by atoms with Crippen LogP contribution in [0.25, 0.3) is 6.08 Å². The number of nitriles is 1. The number of aryl methyl sites for hydroxylation is 1. The first kappa shape index (κ1) is 29.1. The Balaban J connectivity index is 1.67. The molecule has 0 saturated carbocycles. The van der Waals surface area contributed by atoms with E-state index in [1.165, 1.54) is 23.0 Å². The first-order valence-electron chi connectivity index (χ1n) is 12.5. The quantitative estimate of drug-likeness (QED) is 0.131. The molecule has 1 amide bonds. The Hall–Kier alpha value is -3.42. The minimum Gasteiger partial charge on any atom is -0.490 e. The zero-order valence-corrected chi connectivity index (χ0v) is 24.3. The summed E-state index contributed by atoms with van der Waals surface area (Å²) in [7, 11) is 0. The van der Waals surface area contributed by atoms with E-state index < -0.39 is 5.91 Å². The van der Waals surface area contributed by atoms with Gasteiger partial charge in [0.25, 0.3) is 5.91 Å². The summed E-state index contributed by atoms with van der Waals surface area (Å²) in [4.78, 5) is 12.6. The predicted molar refractivity (Wildman–Crippen MR) is 153 cm³/mol. The molecule has 1 N–H and O–H groups in total. The van der Waals surface area contributed by atoms with Gasteiger partial charge < -0.3 is 14.2 Å². The Bertz CT molecular complexity index is 1300. The van der Waals surface area contributed by atoms with E-state index in [9.17, 15) is 10.1 Å². The van der Waals surface area contributed by atoms with Crippen LogP contribution in [0.3, 0.4) is 0 Å². The topological polar surface area (TPSA) is 106 Å². The van der Waals surface area contributed by atoms with Gasteiger partial charge in [0.15, 0.2) is 11.5 Å². The number of carbonyl (C=O) groups is 1.